The smallest absolute Gasteiger partial charge is 0.263 e. The SMILES string of the molecule is CNC(=O)Cn1c(C)c(S(=O)(=O)Cl)c2ccccc21. The van der Waals surface area contributed by atoms with Crippen molar-refractivity contribution in [3.63, 3.8) is 0 Å². The van der Waals surface area contributed by atoms with E-state index in [9.17, 15) is 13.2 Å². The third-order valence-electron chi connectivity index (χ3n) is 3.00. The summed E-state index contributed by atoms with van der Waals surface area (Å²) >= 11 is 0. The van der Waals surface area contributed by atoms with E-state index in [0.717, 1.165) is 0 Å². The molecule has 5 nitrogen and oxygen atoms in total. The molecule has 1 amide bonds. The largest absolute Gasteiger partial charge is 0.358 e. The quantitative estimate of drug-likeness (QED) is 0.876. The number of nitrogens with zero attached hydrogens (tertiary/aromatic N) is 1. The highest BCUT2D eigenvalue weighted by molar-refractivity contribution is 8.14. The Morgan fingerprint density at radius 2 is 2.00 bits per heavy atom. The van der Waals surface area contributed by atoms with Gasteiger partial charge in [-0.3, -0.25) is 4.79 Å². The minimum atomic E-state index is -3.86. The molecule has 19 heavy (non-hydrogen) atoms. The summed E-state index contributed by atoms with van der Waals surface area (Å²) in [6.45, 7) is 1.69. The molecule has 0 saturated heterocycles. The van der Waals surface area contributed by atoms with Crippen LogP contribution >= 0.6 is 10.7 Å². The number of halogens is 1. The summed E-state index contributed by atoms with van der Waals surface area (Å²) in [5.41, 5.74) is 1.13. The molecule has 2 aromatic rings. The fourth-order valence-corrected chi connectivity index (χ4v) is 3.62. The van der Waals surface area contributed by atoms with Crippen molar-refractivity contribution in [3.05, 3.63) is 30.0 Å². The van der Waals surface area contributed by atoms with Crippen LogP contribution in [0, 0.1) is 6.92 Å². The Bertz CT molecular complexity index is 750. The van der Waals surface area contributed by atoms with Gasteiger partial charge < -0.3 is 9.88 Å². The first kappa shape index (κ1) is 13.9. The second-order valence-corrected chi connectivity index (χ2v) is 6.63. The molecule has 0 aliphatic rings. The van der Waals surface area contributed by atoms with Gasteiger partial charge in [0.1, 0.15) is 11.4 Å². The molecule has 0 radical (unpaired) electrons. The van der Waals surface area contributed by atoms with Gasteiger partial charge >= 0.3 is 0 Å². The van der Waals surface area contributed by atoms with E-state index in [1.165, 1.54) is 7.05 Å². The maximum Gasteiger partial charge on any atom is 0.263 e. The number of benzene rings is 1. The van der Waals surface area contributed by atoms with Gasteiger partial charge in [0.15, 0.2) is 0 Å². The number of hydrogen-bond acceptors (Lipinski definition) is 3. The van der Waals surface area contributed by atoms with Gasteiger partial charge in [0, 0.05) is 28.8 Å². The number of carbonyl (C=O) groups is 1. The van der Waals surface area contributed by atoms with Crippen LogP contribution in [0.3, 0.4) is 0 Å². The van der Waals surface area contributed by atoms with Crippen LogP contribution in [0.4, 0.5) is 0 Å². The molecular formula is C12H13ClN2O3S. The molecule has 102 valence electrons. The first-order valence-electron chi connectivity index (χ1n) is 5.59. The Labute approximate surface area is 115 Å². The highest BCUT2D eigenvalue weighted by atomic mass is 35.7. The lowest BCUT2D eigenvalue weighted by Crippen LogP contribution is -2.23. The van der Waals surface area contributed by atoms with Gasteiger partial charge in [-0.2, -0.15) is 0 Å². The summed E-state index contributed by atoms with van der Waals surface area (Å²) in [7, 11) is 3.15. The Morgan fingerprint density at radius 1 is 1.37 bits per heavy atom. The van der Waals surface area contributed by atoms with E-state index in [-0.39, 0.29) is 17.3 Å². The minimum absolute atomic E-state index is 0.0508. The molecule has 1 aromatic carbocycles. The second-order valence-electron chi connectivity index (χ2n) is 4.13. The first-order valence-corrected chi connectivity index (χ1v) is 7.90. The van der Waals surface area contributed by atoms with Crippen LogP contribution in [0.1, 0.15) is 5.69 Å². The third kappa shape index (κ3) is 2.46. The van der Waals surface area contributed by atoms with Crippen LogP contribution in [0.5, 0.6) is 0 Å². The summed E-state index contributed by atoms with van der Waals surface area (Å²) in [6.07, 6.45) is 0. The predicted octanol–water partition coefficient (Wildman–Crippen LogP) is 1.62. The molecule has 0 aliphatic heterocycles. The monoisotopic (exact) mass is 300 g/mol. The average Bonchev–Trinajstić information content (AvgIpc) is 2.62. The fraction of sp³-hybridized carbons (Fsp3) is 0.250. The van der Waals surface area contributed by atoms with E-state index in [0.29, 0.717) is 16.6 Å². The van der Waals surface area contributed by atoms with Crippen LogP contribution in [-0.2, 0) is 20.4 Å². The molecule has 0 aliphatic carbocycles. The zero-order valence-electron chi connectivity index (χ0n) is 10.5. The normalized spacial score (nSPS) is 11.7. The summed E-state index contributed by atoms with van der Waals surface area (Å²) in [6, 6.07) is 6.96. The van der Waals surface area contributed by atoms with Crippen molar-refractivity contribution in [1.29, 1.82) is 0 Å². The van der Waals surface area contributed by atoms with E-state index < -0.39 is 9.05 Å². The summed E-state index contributed by atoms with van der Waals surface area (Å²) in [5.74, 6) is -0.206. The van der Waals surface area contributed by atoms with Gasteiger partial charge in [-0.1, -0.05) is 18.2 Å². The Hall–Kier alpha value is -1.53. The van der Waals surface area contributed by atoms with Crippen LogP contribution in [-0.4, -0.2) is 25.9 Å². The molecule has 0 unspecified atom stereocenters. The Kier molecular flexibility index (Phi) is 3.56. The summed E-state index contributed by atoms with van der Waals surface area (Å²) in [5, 5.41) is 3.04. The van der Waals surface area contributed by atoms with Crippen molar-refractivity contribution in [3.8, 4) is 0 Å². The molecule has 1 heterocycles. The van der Waals surface area contributed by atoms with Crippen molar-refractivity contribution < 1.29 is 13.2 Å². The van der Waals surface area contributed by atoms with Crippen molar-refractivity contribution in [2.24, 2.45) is 0 Å². The highest BCUT2D eigenvalue weighted by Crippen LogP contribution is 2.31. The lowest BCUT2D eigenvalue weighted by atomic mass is 10.2. The molecular weight excluding hydrogens is 288 g/mol. The van der Waals surface area contributed by atoms with E-state index in [2.05, 4.69) is 5.32 Å². The number of likely N-dealkylation sites (N-methyl/N-ethyl adjacent to an activating group) is 1. The molecule has 1 N–H and O–H groups in total. The van der Waals surface area contributed by atoms with E-state index in [1.807, 2.05) is 0 Å². The lowest BCUT2D eigenvalue weighted by Gasteiger charge is -2.06. The van der Waals surface area contributed by atoms with Crippen LogP contribution < -0.4 is 5.32 Å². The minimum Gasteiger partial charge on any atom is -0.358 e. The van der Waals surface area contributed by atoms with Crippen molar-refractivity contribution in [1.82, 2.24) is 9.88 Å². The van der Waals surface area contributed by atoms with E-state index in [1.54, 1.807) is 35.8 Å². The van der Waals surface area contributed by atoms with Gasteiger partial charge in [-0.05, 0) is 13.0 Å². The topological polar surface area (TPSA) is 68.2 Å². The average molecular weight is 301 g/mol. The van der Waals surface area contributed by atoms with Crippen LogP contribution in [0.25, 0.3) is 10.9 Å². The van der Waals surface area contributed by atoms with Crippen LogP contribution in [0.2, 0.25) is 0 Å². The molecule has 7 heteroatoms. The molecule has 2 rings (SSSR count). The van der Waals surface area contributed by atoms with Crippen LogP contribution in [0.15, 0.2) is 29.2 Å². The van der Waals surface area contributed by atoms with Crippen molar-refractivity contribution in [2.45, 2.75) is 18.4 Å². The predicted molar refractivity (Wildman–Crippen MR) is 73.8 cm³/mol. The molecule has 0 saturated carbocycles. The zero-order valence-corrected chi connectivity index (χ0v) is 12.0. The van der Waals surface area contributed by atoms with Crippen molar-refractivity contribution in [2.75, 3.05) is 7.05 Å². The number of aromatic nitrogens is 1. The van der Waals surface area contributed by atoms with Gasteiger partial charge in [0.05, 0.1) is 5.52 Å². The van der Waals surface area contributed by atoms with E-state index >= 15 is 0 Å². The highest BCUT2D eigenvalue weighted by Gasteiger charge is 2.23. The number of fused-ring (bicyclic) bond motifs is 1. The maximum atomic E-state index is 11.7. The number of rotatable bonds is 3. The molecule has 0 spiro atoms. The summed E-state index contributed by atoms with van der Waals surface area (Å²) in [4.78, 5) is 11.6. The summed E-state index contributed by atoms with van der Waals surface area (Å²) < 4.78 is 25.0. The van der Waals surface area contributed by atoms with Gasteiger partial charge in [0.25, 0.3) is 9.05 Å². The first-order chi connectivity index (χ1) is 8.86. The number of para-hydroxylation sites is 1. The molecule has 0 fully saturated rings. The van der Waals surface area contributed by atoms with Gasteiger partial charge in [-0.25, -0.2) is 8.42 Å². The zero-order chi connectivity index (χ0) is 14.2. The number of nitrogens with one attached hydrogen (secondary N) is 1. The Morgan fingerprint density at radius 3 is 2.58 bits per heavy atom. The van der Waals surface area contributed by atoms with Crippen molar-refractivity contribution >= 4 is 36.5 Å². The number of hydrogen-bond donors (Lipinski definition) is 1. The fourth-order valence-electron chi connectivity index (χ4n) is 2.13. The second kappa shape index (κ2) is 4.86. The van der Waals surface area contributed by atoms with Gasteiger partial charge in [-0.15, -0.1) is 0 Å². The van der Waals surface area contributed by atoms with E-state index in [4.69, 9.17) is 10.7 Å². The molecule has 0 atom stereocenters. The Balaban J connectivity index is 2.78. The third-order valence-corrected chi connectivity index (χ3v) is 4.46. The number of carbonyl (C=O) groups excluding carboxylic acids is 1. The number of amides is 1. The molecule has 1 aromatic heterocycles. The maximum absolute atomic E-state index is 11.7. The van der Waals surface area contributed by atoms with Gasteiger partial charge in [0.2, 0.25) is 5.91 Å². The standard InChI is InChI=1S/C12H13ClN2O3S/c1-8-12(19(13,17)18)9-5-3-4-6-10(9)15(8)7-11(16)14-2/h3-6H,7H2,1-2H3,(H,14,16). The molecule has 0 bridgehead atoms. The lowest BCUT2D eigenvalue weighted by molar-refractivity contribution is -0.121.